The zero-order valence-corrected chi connectivity index (χ0v) is 11.2. The first-order valence-electron chi connectivity index (χ1n) is 6.72. The molecule has 104 valence electrons. The summed E-state index contributed by atoms with van der Waals surface area (Å²) in [6.45, 7) is 0.976. The number of ether oxygens (including phenoxy) is 2. The summed E-state index contributed by atoms with van der Waals surface area (Å²) >= 11 is 0. The van der Waals surface area contributed by atoms with Crippen LogP contribution in [0, 0.1) is 17.8 Å². The monoisotopic (exact) mass is 256 g/mol. The summed E-state index contributed by atoms with van der Waals surface area (Å²) in [7, 11) is 3.25. The number of nitrogens with one attached hydrogen (secondary N) is 1. The molecule has 5 unspecified atom stereocenters. The van der Waals surface area contributed by atoms with E-state index in [1.54, 1.807) is 14.2 Å². The van der Waals surface area contributed by atoms with E-state index in [1.807, 2.05) is 0 Å². The van der Waals surface area contributed by atoms with Crippen LogP contribution in [0.3, 0.4) is 0 Å². The number of carbonyl (C=O) groups excluding carboxylic acids is 1. The fraction of sp³-hybridized carbons (Fsp3) is 0.923. The van der Waals surface area contributed by atoms with Gasteiger partial charge in [0.1, 0.15) is 0 Å². The fourth-order valence-corrected chi connectivity index (χ4v) is 3.45. The summed E-state index contributed by atoms with van der Waals surface area (Å²) in [4.78, 5) is 12.2. The summed E-state index contributed by atoms with van der Waals surface area (Å²) in [6, 6.07) is 0.0483. The van der Waals surface area contributed by atoms with Crippen molar-refractivity contribution in [2.24, 2.45) is 23.5 Å². The van der Waals surface area contributed by atoms with Crippen LogP contribution in [0.4, 0.5) is 0 Å². The SMILES string of the molecule is COCC(CNC(=O)C1C2CCC(C2)C1N)OC. The minimum absolute atomic E-state index is 0.00352. The lowest BCUT2D eigenvalue weighted by Crippen LogP contribution is -2.47. The Hall–Kier alpha value is -0.650. The van der Waals surface area contributed by atoms with Crippen molar-refractivity contribution in [2.75, 3.05) is 27.4 Å². The number of nitrogens with two attached hydrogens (primary N) is 1. The van der Waals surface area contributed by atoms with E-state index >= 15 is 0 Å². The molecule has 0 spiro atoms. The Balaban J connectivity index is 1.81. The van der Waals surface area contributed by atoms with Crippen LogP contribution < -0.4 is 11.1 Å². The maximum Gasteiger partial charge on any atom is 0.225 e. The van der Waals surface area contributed by atoms with E-state index in [2.05, 4.69) is 5.32 Å². The molecule has 18 heavy (non-hydrogen) atoms. The molecule has 0 aliphatic heterocycles. The summed E-state index contributed by atoms with van der Waals surface area (Å²) in [5.74, 6) is 1.15. The van der Waals surface area contributed by atoms with Crippen molar-refractivity contribution in [3.8, 4) is 0 Å². The van der Waals surface area contributed by atoms with Crippen molar-refractivity contribution >= 4 is 5.91 Å². The van der Waals surface area contributed by atoms with Crippen molar-refractivity contribution in [2.45, 2.75) is 31.4 Å². The normalized spacial score (nSPS) is 35.7. The third-order valence-electron chi connectivity index (χ3n) is 4.47. The maximum absolute atomic E-state index is 12.2. The second-order valence-electron chi connectivity index (χ2n) is 5.49. The van der Waals surface area contributed by atoms with Gasteiger partial charge in [-0.15, -0.1) is 0 Å². The Kier molecular flexibility index (Phi) is 4.59. The molecule has 0 saturated heterocycles. The van der Waals surface area contributed by atoms with Crippen molar-refractivity contribution < 1.29 is 14.3 Å². The molecule has 0 aromatic carbocycles. The van der Waals surface area contributed by atoms with Crippen LogP contribution in [-0.4, -0.2) is 45.4 Å². The van der Waals surface area contributed by atoms with Crippen LogP contribution in [0.1, 0.15) is 19.3 Å². The van der Waals surface area contributed by atoms with Gasteiger partial charge in [-0.3, -0.25) is 4.79 Å². The van der Waals surface area contributed by atoms with Crippen molar-refractivity contribution in [1.29, 1.82) is 0 Å². The van der Waals surface area contributed by atoms with E-state index in [0.717, 1.165) is 12.8 Å². The highest BCUT2D eigenvalue weighted by molar-refractivity contribution is 5.80. The highest BCUT2D eigenvalue weighted by atomic mass is 16.5. The standard InChI is InChI=1S/C13H24N2O3/c1-17-7-10(18-2)6-15-13(16)11-8-3-4-9(5-8)12(11)14/h8-12H,3-7,14H2,1-2H3,(H,15,16). The van der Waals surface area contributed by atoms with Gasteiger partial charge < -0.3 is 20.5 Å². The van der Waals surface area contributed by atoms with Crippen LogP contribution in [0.5, 0.6) is 0 Å². The Morgan fingerprint density at radius 2 is 2.11 bits per heavy atom. The first kappa shape index (κ1) is 13.8. The lowest BCUT2D eigenvalue weighted by atomic mass is 9.84. The van der Waals surface area contributed by atoms with Crippen LogP contribution >= 0.6 is 0 Å². The van der Waals surface area contributed by atoms with Gasteiger partial charge in [0.05, 0.1) is 18.6 Å². The molecule has 0 aromatic heterocycles. The molecule has 2 fully saturated rings. The summed E-state index contributed by atoms with van der Waals surface area (Å²) < 4.78 is 10.2. The molecule has 1 amide bonds. The Morgan fingerprint density at radius 1 is 1.39 bits per heavy atom. The lowest BCUT2D eigenvalue weighted by Gasteiger charge is -2.27. The molecule has 5 atom stereocenters. The zero-order chi connectivity index (χ0) is 13.1. The topological polar surface area (TPSA) is 73.6 Å². The molecule has 2 aliphatic rings. The third kappa shape index (κ3) is 2.68. The highest BCUT2D eigenvalue weighted by Gasteiger charge is 2.48. The first-order chi connectivity index (χ1) is 8.67. The number of rotatable bonds is 6. The smallest absolute Gasteiger partial charge is 0.225 e. The van der Waals surface area contributed by atoms with Crippen LogP contribution in [0.15, 0.2) is 0 Å². The molecule has 0 radical (unpaired) electrons. The van der Waals surface area contributed by atoms with Gasteiger partial charge in [0.25, 0.3) is 0 Å². The number of amides is 1. The Labute approximate surface area is 108 Å². The molecule has 2 bridgehead atoms. The Bertz CT molecular complexity index is 296. The molecule has 2 rings (SSSR count). The third-order valence-corrected chi connectivity index (χ3v) is 4.47. The van der Waals surface area contributed by atoms with Gasteiger partial charge in [0, 0.05) is 26.8 Å². The van der Waals surface area contributed by atoms with Gasteiger partial charge in [-0.2, -0.15) is 0 Å². The molecular weight excluding hydrogens is 232 g/mol. The lowest BCUT2D eigenvalue weighted by molar-refractivity contribution is -0.127. The molecule has 5 nitrogen and oxygen atoms in total. The second-order valence-corrected chi connectivity index (χ2v) is 5.49. The Morgan fingerprint density at radius 3 is 2.67 bits per heavy atom. The summed E-state index contributed by atoms with van der Waals surface area (Å²) in [5, 5.41) is 2.95. The van der Waals surface area contributed by atoms with E-state index in [4.69, 9.17) is 15.2 Å². The minimum atomic E-state index is -0.0891. The molecule has 0 aromatic rings. The molecule has 0 heterocycles. The van der Waals surface area contributed by atoms with Gasteiger partial charge >= 0.3 is 0 Å². The molecule has 2 aliphatic carbocycles. The van der Waals surface area contributed by atoms with E-state index < -0.39 is 0 Å². The van der Waals surface area contributed by atoms with Gasteiger partial charge in [-0.05, 0) is 31.1 Å². The average Bonchev–Trinajstić information content (AvgIpc) is 2.94. The summed E-state index contributed by atoms with van der Waals surface area (Å²) in [5.41, 5.74) is 6.15. The van der Waals surface area contributed by atoms with Crippen LogP contribution in [-0.2, 0) is 14.3 Å². The van der Waals surface area contributed by atoms with Gasteiger partial charge in [0.15, 0.2) is 0 Å². The number of carbonyl (C=O) groups is 1. The minimum Gasteiger partial charge on any atom is -0.382 e. The second kappa shape index (κ2) is 5.99. The highest BCUT2D eigenvalue weighted by Crippen LogP contribution is 2.47. The van der Waals surface area contributed by atoms with E-state index in [9.17, 15) is 4.79 Å². The number of fused-ring (bicyclic) bond motifs is 2. The zero-order valence-electron chi connectivity index (χ0n) is 11.2. The molecular formula is C13H24N2O3. The quantitative estimate of drug-likeness (QED) is 0.709. The number of methoxy groups -OCH3 is 2. The fourth-order valence-electron chi connectivity index (χ4n) is 3.45. The van der Waals surface area contributed by atoms with Gasteiger partial charge in [-0.25, -0.2) is 0 Å². The first-order valence-corrected chi connectivity index (χ1v) is 6.72. The summed E-state index contributed by atoms with van der Waals surface area (Å²) in [6.07, 6.45) is 3.39. The largest absolute Gasteiger partial charge is 0.382 e. The van der Waals surface area contributed by atoms with Crippen LogP contribution in [0.25, 0.3) is 0 Å². The van der Waals surface area contributed by atoms with E-state index in [-0.39, 0.29) is 24.0 Å². The molecule has 3 N–H and O–H groups in total. The van der Waals surface area contributed by atoms with Crippen molar-refractivity contribution in [1.82, 2.24) is 5.32 Å². The van der Waals surface area contributed by atoms with Gasteiger partial charge in [0.2, 0.25) is 5.91 Å². The predicted molar refractivity (Wildman–Crippen MR) is 68.0 cm³/mol. The number of hydrogen-bond acceptors (Lipinski definition) is 4. The van der Waals surface area contributed by atoms with Crippen molar-refractivity contribution in [3.05, 3.63) is 0 Å². The molecule has 2 saturated carbocycles. The predicted octanol–water partition coefficient (Wildman–Crippen LogP) is 0.137. The van der Waals surface area contributed by atoms with Crippen molar-refractivity contribution in [3.63, 3.8) is 0 Å². The maximum atomic E-state index is 12.2. The molecule has 5 heteroatoms. The number of hydrogen-bond donors (Lipinski definition) is 2. The van der Waals surface area contributed by atoms with E-state index in [0.29, 0.717) is 25.0 Å². The van der Waals surface area contributed by atoms with Crippen LogP contribution in [0.2, 0.25) is 0 Å². The van der Waals surface area contributed by atoms with Gasteiger partial charge in [-0.1, -0.05) is 0 Å². The average molecular weight is 256 g/mol. The van der Waals surface area contributed by atoms with E-state index in [1.165, 1.54) is 6.42 Å².